The van der Waals surface area contributed by atoms with E-state index in [2.05, 4.69) is 15.9 Å². The van der Waals surface area contributed by atoms with E-state index < -0.39 is 29.4 Å². The van der Waals surface area contributed by atoms with Crippen LogP contribution in [0.3, 0.4) is 0 Å². The molecule has 0 spiro atoms. The number of hydrogen-bond donors (Lipinski definition) is 1. The van der Waals surface area contributed by atoms with Crippen molar-refractivity contribution in [2.24, 2.45) is 0 Å². The Hall–Kier alpha value is -4.66. The van der Waals surface area contributed by atoms with Crippen molar-refractivity contribution in [3.05, 3.63) is 178 Å². The number of rotatable bonds is 5. The van der Waals surface area contributed by atoms with Gasteiger partial charge >= 0.3 is 0 Å². The molecule has 0 aliphatic heterocycles. The largest absolute Gasteiger partial charge is 0.384 e. The molecule has 6 aromatic carbocycles. The van der Waals surface area contributed by atoms with Gasteiger partial charge in [-0.15, -0.1) is 0 Å². The molecular weight excluding hydrogens is 654 g/mol. The quantitative estimate of drug-likeness (QED) is 0.180. The van der Waals surface area contributed by atoms with Gasteiger partial charge < -0.3 is 5.11 Å². The summed E-state index contributed by atoms with van der Waals surface area (Å²) in [4.78, 5) is 0. The Bertz CT molecular complexity index is 1830. The summed E-state index contributed by atoms with van der Waals surface area (Å²) in [5, 5.41) is 10.6. The van der Waals surface area contributed by atoms with Crippen molar-refractivity contribution < 1.29 is 31.4 Å². The Morgan fingerprint density at radius 1 is 0.400 bits per heavy atom. The van der Waals surface area contributed by atoms with Crippen LogP contribution in [0.15, 0.2) is 132 Å². The predicted molar refractivity (Wildman–Crippen MR) is 167 cm³/mol. The standard InChI is InChI=1S/C25H16F4O.C12H7BrF2/c26-19-7-1-15(2-8-19)21-11-5-17(13-23(21)28)25(30)18-6-12-22(24(29)14-18)16-3-9-20(27)10-4-16;13-9-3-6-11(12(15)7-9)8-1-4-10(14)5-2-8/h1-14,25,30H;1-7H. The molecule has 0 aliphatic carbocycles. The summed E-state index contributed by atoms with van der Waals surface area (Å²) < 4.78 is 82.2. The summed E-state index contributed by atoms with van der Waals surface area (Å²) in [5.74, 6) is -2.65. The molecule has 226 valence electrons. The fourth-order valence-corrected chi connectivity index (χ4v) is 5.01. The minimum atomic E-state index is -1.24. The third kappa shape index (κ3) is 7.71. The highest BCUT2D eigenvalue weighted by atomic mass is 79.9. The van der Waals surface area contributed by atoms with E-state index in [1.165, 1.54) is 103 Å². The summed E-state index contributed by atoms with van der Waals surface area (Å²) in [6.07, 6.45) is -1.24. The normalized spacial score (nSPS) is 10.9. The zero-order valence-corrected chi connectivity index (χ0v) is 24.9. The molecule has 0 fully saturated rings. The lowest BCUT2D eigenvalue weighted by Crippen LogP contribution is -2.02. The van der Waals surface area contributed by atoms with Gasteiger partial charge in [0.2, 0.25) is 0 Å². The third-order valence-corrected chi connectivity index (χ3v) is 7.51. The summed E-state index contributed by atoms with van der Waals surface area (Å²) >= 11 is 3.18. The van der Waals surface area contributed by atoms with Crippen LogP contribution < -0.4 is 0 Å². The summed E-state index contributed by atoms with van der Waals surface area (Å²) in [5.41, 5.74) is 3.20. The van der Waals surface area contributed by atoms with Crippen LogP contribution in [0.5, 0.6) is 0 Å². The maximum atomic E-state index is 14.6. The van der Waals surface area contributed by atoms with Crippen molar-refractivity contribution in [2.75, 3.05) is 0 Å². The number of hydrogen-bond acceptors (Lipinski definition) is 1. The van der Waals surface area contributed by atoms with Gasteiger partial charge in [-0.25, -0.2) is 26.3 Å². The van der Waals surface area contributed by atoms with E-state index in [4.69, 9.17) is 0 Å². The molecule has 0 bridgehead atoms. The minimum absolute atomic E-state index is 0.257. The number of benzene rings is 6. The molecule has 0 aliphatic rings. The lowest BCUT2D eigenvalue weighted by Gasteiger charge is -2.14. The topological polar surface area (TPSA) is 20.2 Å². The Morgan fingerprint density at radius 3 is 1.02 bits per heavy atom. The highest BCUT2D eigenvalue weighted by Crippen LogP contribution is 2.31. The molecule has 0 amide bonds. The Morgan fingerprint density at radius 2 is 0.711 bits per heavy atom. The molecule has 0 saturated carbocycles. The first kappa shape index (κ1) is 31.8. The molecule has 1 nitrogen and oxygen atoms in total. The van der Waals surface area contributed by atoms with Crippen LogP contribution in [0.2, 0.25) is 0 Å². The van der Waals surface area contributed by atoms with Gasteiger partial charge in [0.1, 0.15) is 41.0 Å². The van der Waals surface area contributed by atoms with Crippen molar-refractivity contribution >= 4 is 15.9 Å². The Labute approximate surface area is 264 Å². The molecule has 0 atom stereocenters. The van der Waals surface area contributed by atoms with E-state index in [1.807, 2.05) is 0 Å². The van der Waals surface area contributed by atoms with Gasteiger partial charge in [-0.05, 0) is 88.5 Å². The molecule has 0 aromatic heterocycles. The van der Waals surface area contributed by atoms with Gasteiger partial charge in [0, 0.05) is 21.2 Å². The van der Waals surface area contributed by atoms with Gasteiger partial charge in [0.05, 0.1) is 0 Å². The number of aliphatic hydroxyl groups is 1. The van der Waals surface area contributed by atoms with Gasteiger partial charge in [0.15, 0.2) is 0 Å². The lowest BCUT2D eigenvalue weighted by molar-refractivity contribution is 0.219. The van der Waals surface area contributed by atoms with Crippen molar-refractivity contribution in [3.63, 3.8) is 0 Å². The van der Waals surface area contributed by atoms with Crippen LogP contribution in [0.1, 0.15) is 17.2 Å². The molecule has 6 aromatic rings. The van der Waals surface area contributed by atoms with Crippen molar-refractivity contribution in [2.45, 2.75) is 6.10 Å². The van der Waals surface area contributed by atoms with Crippen LogP contribution >= 0.6 is 15.9 Å². The van der Waals surface area contributed by atoms with Crippen molar-refractivity contribution in [3.8, 4) is 33.4 Å². The summed E-state index contributed by atoms with van der Waals surface area (Å²) in [6, 6.07) is 29.8. The highest BCUT2D eigenvalue weighted by Gasteiger charge is 2.16. The van der Waals surface area contributed by atoms with E-state index in [-0.39, 0.29) is 33.9 Å². The molecule has 0 unspecified atom stereocenters. The zero-order valence-electron chi connectivity index (χ0n) is 23.3. The van der Waals surface area contributed by atoms with Gasteiger partial charge in [-0.1, -0.05) is 82.7 Å². The van der Waals surface area contributed by atoms with Crippen LogP contribution in [0, 0.1) is 34.9 Å². The zero-order chi connectivity index (χ0) is 32.1. The van der Waals surface area contributed by atoms with E-state index in [0.29, 0.717) is 26.7 Å². The van der Waals surface area contributed by atoms with Crippen LogP contribution in [0.25, 0.3) is 33.4 Å². The summed E-state index contributed by atoms with van der Waals surface area (Å²) in [6.45, 7) is 0. The van der Waals surface area contributed by atoms with Crippen LogP contribution in [-0.2, 0) is 0 Å². The number of aliphatic hydroxyl groups excluding tert-OH is 1. The van der Waals surface area contributed by atoms with E-state index in [0.717, 1.165) is 0 Å². The highest BCUT2D eigenvalue weighted by molar-refractivity contribution is 9.10. The smallest absolute Gasteiger partial charge is 0.132 e. The average Bonchev–Trinajstić information content (AvgIpc) is 3.03. The van der Waals surface area contributed by atoms with Crippen molar-refractivity contribution in [1.82, 2.24) is 0 Å². The maximum absolute atomic E-state index is 14.6. The van der Waals surface area contributed by atoms with Crippen LogP contribution in [-0.4, -0.2) is 5.11 Å². The predicted octanol–water partition coefficient (Wildman–Crippen LogP) is 11.1. The molecule has 1 N–H and O–H groups in total. The van der Waals surface area contributed by atoms with E-state index >= 15 is 0 Å². The molecular formula is C37H23BrF6O. The Balaban J connectivity index is 0.000000223. The monoisotopic (exact) mass is 676 g/mol. The molecule has 45 heavy (non-hydrogen) atoms. The first-order valence-electron chi connectivity index (χ1n) is 13.6. The fraction of sp³-hybridized carbons (Fsp3) is 0.0270. The first-order chi connectivity index (χ1) is 21.6. The third-order valence-electron chi connectivity index (χ3n) is 7.01. The molecule has 0 saturated heterocycles. The average molecular weight is 677 g/mol. The second-order valence-electron chi connectivity index (χ2n) is 10.0. The fourth-order valence-electron chi connectivity index (χ4n) is 4.68. The second kappa shape index (κ2) is 14.0. The maximum Gasteiger partial charge on any atom is 0.132 e. The van der Waals surface area contributed by atoms with Gasteiger partial charge in [0.25, 0.3) is 0 Å². The van der Waals surface area contributed by atoms with Gasteiger partial charge in [-0.2, -0.15) is 0 Å². The SMILES string of the molecule is Fc1ccc(-c2ccc(Br)cc2F)cc1.OC(c1ccc(-c2ccc(F)cc2)c(F)c1)c1ccc(-c2ccc(F)cc2)c(F)c1. The second-order valence-corrected chi connectivity index (χ2v) is 10.9. The minimum Gasteiger partial charge on any atom is -0.384 e. The molecule has 0 heterocycles. The first-order valence-corrected chi connectivity index (χ1v) is 14.4. The number of halogens is 7. The summed E-state index contributed by atoms with van der Waals surface area (Å²) in [7, 11) is 0. The molecule has 8 heteroatoms. The van der Waals surface area contributed by atoms with E-state index in [9.17, 15) is 31.4 Å². The lowest BCUT2D eigenvalue weighted by atomic mass is 9.95. The van der Waals surface area contributed by atoms with E-state index in [1.54, 1.807) is 24.3 Å². The van der Waals surface area contributed by atoms with Crippen LogP contribution in [0.4, 0.5) is 26.3 Å². The Kier molecular flexibility index (Phi) is 9.86. The van der Waals surface area contributed by atoms with Crippen molar-refractivity contribution in [1.29, 1.82) is 0 Å². The van der Waals surface area contributed by atoms with Gasteiger partial charge in [-0.3, -0.25) is 0 Å². The molecule has 0 radical (unpaired) electrons. The molecule has 6 rings (SSSR count).